The van der Waals surface area contributed by atoms with Crippen LogP contribution in [0.4, 0.5) is 10.1 Å². The van der Waals surface area contributed by atoms with Gasteiger partial charge in [-0.3, -0.25) is 13.9 Å². The number of hydrogen-bond donors (Lipinski definition) is 1. The van der Waals surface area contributed by atoms with Crippen LogP contribution >= 0.6 is 11.6 Å². The van der Waals surface area contributed by atoms with E-state index in [1.54, 1.807) is 30.3 Å². The number of hydrogen-bond acceptors (Lipinski definition) is 4. The van der Waals surface area contributed by atoms with Crippen LogP contribution in [0.25, 0.3) is 0 Å². The fraction of sp³-hybridized carbons (Fsp3) is 0.235. The zero-order valence-electron chi connectivity index (χ0n) is 24.6. The molecule has 230 valence electrons. The average molecular weight is 636 g/mol. The maximum absolute atomic E-state index is 15.0. The molecule has 0 aliphatic rings. The fourth-order valence-corrected chi connectivity index (χ4v) is 6.46. The van der Waals surface area contributed by atoms with Crippen molar-refractivity contribution in [3.63, 3.8) is 0 Å². The molecule has 44 heavy (non-hydrogen) atoms. The molecule has 2 amide bonds. The second kappa shape index (κ2) is 15.0. The molecule has 0 saturated carbocycles. The SMILES string of the molecule is CCCNC(=O)[C@H](Cc1ccccc1)N(Cc1ccccc1F)C(=O)CN(c1ccccc1Cl)S(=O)(=O)c1ccc(C)cc1. The summed E-state index contributed by atoms with van der Waals surface area (Å²) in [6.45, 7) is 3.18. The summed E-state index contributed by atoms with van der Waals surface area (Å²) in [4.78, 5) is 29.2. The molecule has 0 aromatic heterocycles. The Kier molecular flexibility index (Phi) is 11.1. The van der Waals surface area contributed by atoms with Crippen molar-refractivity contribution in [2.45, 2.75) is 44.2 Å². The minimum Gasteiger partial charge on any atom is -0.354 e. The number of anilines is 1. The van der Waals surface area contributed by atoms with E-state index in [9.17, 15) is 22.4 Å². The molecule has 0 radical (unpaired) electrons. The molecule has 7 nitrogen and oxygen atoms in total. The Morgan fingerprint density at radius 1 is 0.886 bits per heavy atom. The van der Waals surface area contributed by atoms with E-state index in [1.165, 1.54) is 47.4 Å². The third kappa shape index (κ3) is 8.03. The summed E-state index contributed by atoms with van der Waals surface area (Å²) in [5, 5.41) is 2.99. The van der Waals surface area contributed by atoms with Crippen LogP contribution in [-0.4, -0.2) is 44.3 Å². The van der Waals surface area contributed by atoms with Gasteiger partial charge < -0.3 is 10.2 Å². The summed E-state index contributed by atoms with van der Waals surface area (Å²) in [6.07, 6.45) is 0.799. The highest BCUT2D eigenvalue weighted by atomic mass is 35.5. The van der Waals surface area contributed by atoms with Gasteiger partial charge in [0.1, 0.15) is 18.4 Å². The van der Waals surface area contributed by atoms with Gasteiger partial charge >= 0.3 is 0 Å². The first-order valence-corrected chi connectivity index (χ1v) is 16.1. The first kappa shape index (κ1) is 32.7. The quantitative estimate of drug-likeness (QED) is 0.191. The number of nitrogens with zero attached hydrogens (tertiary/aromatic N) is 2. The predicted molar refractivity (Wildman–Crippen MR) is 171 cm³/mol. The lowest BCUT2D eigenvalue weighted by Crippen LogP contribution is -2.53. The fourth-order valence-electron chi connectivity index (χ4n) is 4.73. The van der Waals surface area contributed by atoms with Crippen molar-refractivity contribution >= 4 is 39.1 Å². The van der Waals surface area contributed by atoms with Gasteiger partial charge in [-0.05, 0) is 49.2 Å². The van der Waals surface area contributed by atoms with Crippen LogP contribution in [0.3, 0.4) is 0 Å². The zero-order valence-corrected chi connectivity index (χ0v) is 26.2. The Morgan fingerprint density at radius 3 is 2.18 bits per heavy atom. The Morgan fingerprint density at radius 2 is 1.52 bits per heavy atom. The molecule has 4 aromatic carbocycles. The van der Waals surface area contributed by atoms with Crippen molar-refractivity contribution in [3.8, 4) is 0 Å². The monoisotopic (exact) mass is 635 g/mol. The number of nitrogens with one attached hydrogen (secondary N) is 1. The van der Waals surface area contributed by atoms with Gasteiger partial charge in [-0.25, -0.2) is 12.8 Å². The molecular formula is C34H35ClFN3O4S. The highest BCUT2D eigenvalue weighted by Gasteiger charge is 2.35. The number of sulfonamides is 1. The van der Waals surface area contributed by atoms with Gasteiger partial charge in [0.25, 0.3) is 10.0 Å². The van der Waals surface area contributed by atoms with Gasteiger partial charge in [-0.2, -0.15) is 0 Å². The van der Waals surface area contributed by atoms with Crippen molar-refractivity contribution in [2.75, 3.05) is 17.4 Å². The molecule has 10 heteroatoms. The van der Waals surface area contributed by atoms with Gasteiger partial charge in [0.05, 0.1) is 15.6 Å². The van der Waals surface area contributed by atoms with Crippen molar-refractivity contribution < 1.29 is 22.4 Å². The topological polar surface area (TPSA) is 86.8 Å². The van der Waals surface area contributed by atoms with Crippen LogP contribution in [0.1, 0.15) is 30.0 Å². The number of carbonyl (C=O) groups is 2. The van der Waals surface area contributed by atoms with Gasteiger partial charge in [-0.15, -0.1) is 0 Å². The maximum Gasteiger partial charge on any atom is 0.264 e. The van der Waals surface area contributed by atoms with E-state index in [1.807, 2.05) is 44.2 Å². The number of para-hydroxylation sites is 1. The minimum atomic E-state index is -4.30. The van der Waals surface area contributed by atoms with E-state index in [0.717, 1.165) is 15.4 Å². The Balaban J connectivity index is 1.81. The molecule has 0 bridgehead atoms. The predicted octanol–water partition coefficient (Wildman–Crippen LogP) is 6.15. The summed E-state index contributed by atoms with van der Waals surface area (Å²) in [5.41, 5.74) is 1.94. The van der Waals surface area contributed by atoms with Crippen LogP contribution in [-0.2, 0) is 32.6 Å². The number of benzene rings is 4. The normalized spacial score (nSPS) is 11.9. The summed E-state index contributed by atoms with van der Waals surface area (Å²) >= 11 is 6.48. The first-order valence-electron chi connectivity index (χ1n) is 14.3. The third-order valence-corrected chi connectivity index (χ3v) is 9.22. The highest BCUT2D eigenvalue weighted by Crippen LogP contribution is 2.31. The number of carbonyl (C=O) groups excluding carboxylic acids is 2. The van der Waals surface area contributed by atoms with E-state index in [0.29, 0.717) is 13.0 Å². The second-order valence-corrected chi connectivity index (χ2v) is 12.7. The Hall–Kier alpha value is -4.21. The van der Waals surface area contributed by atoms with Gasteiger partial charge in [-0.1, -0.05) is 96.9 Å². The van der Waals surface area contributed by atoms with E-state index in [4.69, 9.17) is 11.6 Å². The van der Waals surface area contributed by atoms with Crippen molar-refractivity contribution in [1.82, 2.24) is 10.2 Å². The first-order chi connectivity index (χ1) is 21.1. The highest BCUT2D eigenvalue weighted by molar-refractivity contribution is 7.92. The molecule has 1 N–H and O–H groups in total. The van der Waals surface area contributed by atoms with Crippen LogP contribution in [0.15, 0.2) is 108 Å². The zero-order chi connectivity index (χ0) is 31.7. The van der Waals surface area contributed by atoms with Crippen LogP contribution in [0, 0.1) is 12.7 Å². The van der Waals surface area contributed by atoms with Gasteiger partial charge in [0.2, 0.25) is 11.8 Å². The molecule has 0 aliphatic carbocycles. The molecule has 0 unspecified atom stereocenters. The van der Waals surface area contributed by atoms with Crippen LogP contribution in [0.2, 0.25) is 5.02 Å². The van der Waals surface area contributed by atoms with E-state index >= 15 is 0 Å². The minimum absolute atomic E-state index is 0.0296. The third-order valence-electron chi connectivity index (χ3n) is 7.13. The molecule has 4 rings (SSSR count). The molecule has 0 saturated heterocycles. The summed E-state index contributed by atoms with van der Waals surface area (Å²) < 4.78 is 44.0. The maximum atomic E-state index is 15.0. The van der Waals surface area contributed by atoms with E-state index in [2.05, 4.69) is 5.32 Å². The molecule has 0 fully saturated rings. The Labute approximate surface area is 263 Å². The average Bonchev–Trinajstić information content (AvgIpc) is 3.02. The number of aryl methyl sites for hydroxylation is 1. The molecular weight excluding hydrogens is 601 g/mol. The lowest BCUT2D eigenvalue weighted by atomic mass is 10.0. The largest absolute Gasteiger partial charge is 0.354 e. The molecule has 0 aliphatic heterocycles. The summed E-state index contributed by atoms with van der Waals surface area (Å²) in [7, 11) is -4.30. The molecule has 0 spiro atoms. The van der Waals surface area contributed by atoms with E-state index in [-0.39, 0.29) is 34.1 Å². The van der Waals surface area contributed by atoms with Crippen molar-refractivity contribution in [2.24, 2.45) is 0 Å². The molecule has 1 atom stereocenters. The van der Waals surface area contributed by atoms with Crippen LogP contribution < -0.4 is 9.62 Å². The van der Waals surface area contributed by atoms with Gasteiger partial charge in [0.15, 0.2) is 0 Å². The number of amides is 2. The Bertz CT molecular complexity index is 1680. The van der Waals surface area contributed by atoms with Crippen LogP contribution in [0.5, 0.6) is 0 Å². The lowest BCUT2D eigenvalue weighted by Gasteiger charge is -2.34. The van der Waals surface area contributed by atoms with Crippen molar-refractivity contribution in [1.29, 1.82) is 0 Å². The lowest BCUT2D eigenvalue weighted by molar-refractivity contribution is -0.140. The number of halogens is 2. The van der Waals surface area contributed by atoms with Crippen molar-refractivity contribution in [3.05, 3.63) is 131 Å². The summed E-state index contributed by atoms with van der Waals surface area (Å²) in [5.74, 6) is -1.67. The van der Waals surface area contributed by atoms with E-state index < -0.39 is 40.2 Å². The molecule has 4 aromatic rings. The summed E-state index contributed by atoms with van der Waals surface area (Å²) in [6, 6.07) is 26.7. The second-order valence-electron chi connectivity index (χ2n) is 10.4. The number of rotatable bonds is 13. The smallest absolute Gasteiger partial charge is 0.264 e. The van der Waals surface area contributed by atoms with Gasteiger partial charge in [0, 0.05) is 25.1 Å². The molecule has 0 heterocycles. The standard InChI is InChI=1S/C34H35ClFN3O4S/c1-3-21-37-34(41)32(22-26-11-5-4-6-12-26)38(23-27-13-7-9-15-30(27)36)33(40)24-39(31-16-10-8-14-29(31)35)44(42,43)28-19-17-25(2)18-20-28/h4-20,32H,3,21-24H2,1-2H3,(H,37,41)/t32-/m0/s1.